The minimum atomic E-state index is -0.580. The molecular weight excluding hydrogens is 269 g/mol. The van der Waals surface area contributed by atoms with Crippen LogP contribution in [0.4, 0.5) is 10.2 Å². The summed E-state index contributed by atoms with van der Waals surface area (Å²) in [7, 11) is 1.71. The second-order valence-corrected chi connectivity index (χ2v) is 6.41. The summed E-state index contributed by atoms with van der Waals surface area (Å²) in [6.07, 6.45) is 2.32. The van der Waals surface area contributed by atoms with Gasteiger partial charge in [0.1, 0.15) is 0 Å². The van der Waals surface area contributed by atoms with Crippen molar-refractivity contribution in [2.45, 2.75) is 47.1 Å². The number of hydrogen-bond donors (Lipinski definition) is 1. The smallest absolute Gasteiger partial charge is 0.257 e. The number of nitrogens with one attached hydrogen (secondary N) is 1. The van der Waals surface area contributed by atoms with Gasteiger partial charge in [0.15, 0.2) is 11.6 Å². The van der Waals surface area contributed by atoms with Gasteiger partial charge in [0.2, 0.25) is 0 Å². The first-order chi connectivity index (χ1) is 9.70. The molecule has 0 aliphatic rings. The predicted octanol–water partition coefficient (Wildman–Crippen LogP) is 3.55. The Morgan fingerprint density at radius 1 is 1.48 bits per heavy atom. The number of halogens is 1. The van der Waals surface area contributed by atoms with E-state index < -0.39 is 5.82 Å². The summed E-state index contributed by atoms with van der Waals surface area (Å²) >= 11 is 0. The summed E-state index contributed by atoms with van der Waals surface area (Å²) in [5, 5.41) is 2.90. The number of nitrogens with zero attached hydrogens (tertiary/aromatic N) is 2. The second-order valence-electron chi connectivity index (χ2n) is 6.41. The Bertz CT molecular complexity index is 497. The van der Waals surface area contributed by atoms with E-state index in [1.54, 1.807) is 11.9 Å². The average Bonchev–Trinajstić information content (AvgIpc) is 2.43. The van der Waals surface area contributed by atoms with E-state index in [1.807, 2.05) is 13.8 Å². The Hall–Kier alpha value is -1.65. The molecular formula is C16H26FN3O. The highest BCUT2D eigenvalue weighted by atomic mass is 19.1. The van der Waals surface area contributed by atoms with Gasteiger partial charge in [-0.1, -0.05) is 27.7 Å². The maximum atomic E-state index is 14.4. The van der Waals surface area contributed by atoms with Gasteiger partial charge in [0, 0.05) is 25.8 Å². The molecule has 1 aromatic rings. The van der Waals surface area contributed by atoms with Gasteiger partial charge in [-0.15, -0.1) is 0 Å². The van der Waals surface area contributed by atoms with Gasteiger partial charge in [-0.2, -0.15) is 0 Å². The van der Waals surface area contributed by atoms with Crippen LogP contribution in [0, 0.1) is 11.2 Å². The first-order valence-electron chi connectivity index (χ1n) is 7.35. The zero-order valence-corrected chi connectivity index (χ0v) is 13.8. The van der Waals surface area contributed by atoms with Crippen molar-refractivity contribution < 1.29 is 9.18 Å². The second kappa shape index (κ2) is 6.87. The summed E-state index contributed by atoms with van der Waals surface area (Å²) in [6.45, 7) is 10.7. The molecule has 0 aromatic carbocycles. The van der Waals surface area contributed by atoms with Gasteiger partial charge in [0.25, 0.3) is 5.91 Å². The molecule has 1 rings (SSSR count). The molecule has 0 saturated carbocycles. The van der Waals surface area contributed by atoms with Crippen LogP contribution in [0.2, 0.25) is 0 Å². The van der Waals surface area contributed by atoms with Crippen LogP contribution < -0.4 is 5.32 Å². The number of carbonyl (C=O) groups excluding carboxylic acids is 1. The van der Waals surface area contributed by atoms with E-state index in [0.717, 1.165) is 6.42 Å². The van der Waals surface area contributed by atoms with Gasteiger partial charge >= 0.3 is 0 Å². The Balaban J connectivity index is 3.02. The molecule has 0 spiro atoms. The summed E-state index contributed by atoms with van der Waals surface area (Å²) < 4.78 is 14.4. The van der Waals surface area contributed by atoms with Gasteiger partial charge < -0.3 is 10.2 Å². The quantitative estimate of drug-likeness (QED) is 0.903. The zero-order valence-electron chi connectivity index (χ0n) is 13.8. The molecule has 1 unspecified atom stereocenters. The maximum absolute atomic E-state index is 14.4. The number of hydrogen-bond acceptors (Lipinski definition) is 3. The lowest BCUT2D eigenvalue weighted by Crippen LogP contribution is -2.43. The first-order valence-corrected chi connectivity index (χ1v) is 7.35. The molecule has 1 aromatic heterocycles. The van der Waals surface area contributed by atoms with Crippen LogP contribution in [0.3, 0.4) is 0 Å². The summed E-state index contributed by atoms with van der Waals surface area (Å²) in [5.41, 5.74) is -0.0146. The highest BCUT2D eigenvalue weighted by molar-refractivity contribution is 5.95. The van der Waals surface area contributed by atoms with Crippen molar-refractivity contribution in [3.05, 3.63) is 23.6 Å². The van der Waals surface area contributed by atoms with Crippen LogP contribution >= 0.6 is 0 Å². The molecule has 0 aliphatic carbocycles. The van der Waals surface area contributed by atoms with Gasteiger partial charge in [0.05, 0.1) is 5.56 Å². The van der Waals surface area contributed by atoms with E-state index in [0.29, 0.717) is 6.54 Å². The predicted molar refractivity (Wildman–Crippen MR) is 84.0 cm³/mol. The molecule has 1 N–H and O–H groups in total. The summed E-state index contributed by atoms with van der Waals surface area (Å²) in [4.78, 5) is 18.1. The molecule has 0 aliphatic heterocycles. The topological polar surface area (TPSA) is 45.2 Å². The molecule has 5 heteroatoms. The van der Waals surface area contributed by atoms with E-state index >= 15 is 0 Å². The molecule has 1 heterocycles. The Kier molecular flexibility index (Phi) is 5.70. The van der Waals surface area contributed by atoms with Crippen LogP contribution in [-0.4, -0.2) is 35.4 Å². The fraction of sp³-hybridized carbons (Fsp3) is 0.625. The summed E-state index contributed by atoms with van der Waals surface area (Å²) in [6, 6.07) is 1.42. The van der Waals surface area contributed by atoms with Gasteiger partial charge in [-0.05, 0) is 24.8 Å². The lowest BCUT2D eigenvalue weighted by molar-refractivity contribution is 0.0624. The third-order valence-electron chi connectivity index (χ3n) is 3.82. The molecule has 0 fully saturated rings. The zero-order chi connectivity index (χ0) is 16.2. The lowest BCUT2D eigenvalue weighted by Gasteiger charge is -2.35. The van der Waals surface area contributed by atoms with Crippen LogP contribution in [-0.2, 0) is 0 Å². The van der Waals surface area contributed by atoms with Crippen LogP contribution in [0.5, 0.6) is 0 Å². The van der Waals surface area contributed by atoms with E-state index in [1.165, 1.54) is 12.3 Å². The van der Waals surface area contributed by atoms with E-state index in [9.17, 15) is 9.18 Å². The largest absolute Gasteiger partial charge is 0.368 e. The molecule has 0 bridgehead atoms. The van der Waals surface area contributed by atoms with Crippen molar-refractivity contribution in [1.29, 1.82) is 0 Å². The Morgan fingerprint density at radius 2 is 2.10 bits per heavy atom. The minimum Gasteiger partial charge on any atom is -0.368 e. The van der Waals surface area contributed by atoms with Crippen molar-refractivity contribution in [3.63, 3.8) is 0 Å². The molecule has 1 atom stereocenters. The highest BCUT2D eigenvalue weighted by Gasteiger charge is 2.29. The van der Waals surface area contributed by atoms with E-state index in [4.69, 9.17) is 0 Å². The van der Waals surface area contributed by atoms with Crippen molar-refractivity contribution >= 4 is 11.7 Å². The molecule has 1 amide bonds. The molecule has 118 valence electrons. The molecule has 0 saturated heterocycles. The number of aromatic nitrogens is 1. The number of anilines is 1. The SMILES string of the molecule is CCCNc1nccc(C(=O)N(C)C(C)C(C)(C)C)c1F. The molecule has 4 nitrogen and oxygen atoms in total. The van der Waals surface area contributed by atoms with E-state index in [2.05, 4.69) is 31.1 Å². The third kappa shape index (κ3) is 4.16. The van der Waals surface area contributed by atoms with Crippen molar-refractivity contribution in [2.24, 2.45) is 5.41 Å². The van der Waals surface area contributed by atoms with Crippen molar-refractivity contribution in [2.75, 3.05) is 18.9 Å². The van der Waals surface area contributed by atoms with Gasteiger partial charge in [-0.25, -0.2) is 9.37 Å². The standard InChI is InChI=1S/C16H26FN3O/c1-7-9-18-14-13(17)12(8-10-19-14)15(21)20(6)11(2)16(3,4)5/h8,10-11H,7,9H2,1-6H3,(H,18,19). The first kappa shape index (κ1) is 17.4. The van der Waals surface area contributed by atoms with Gasteiger partial charge in [-0.3, -0.25) is 4.79 Å². The summed E-state index contributed by atoms with van der Waals surface area (Å²) in [5.74, 6) is -0.764. The Morgan fingerprint density at radius 3 is 2.62 bits per heavy atom. The molecule has 0 radical (unpaired) electrons. The maximum Gasteiger partial charge on any atom is 0.257 e. The van der Waals surface area contributed by atoms with E-state index in [-0.39, 0.29) is 28.7 Å². The van der Waals surface area contributed by atoms with Crippen LogP contribution in [0.1, 0.15) is 51.4 Å². The highest BCUT2D eigenvalue weighted by Crippen LogP contribution is 2.25. The number of amides is 1. The monoisotopic (exact) mass is 295 g/mol. The third-order valence-corrected chi connectivity index (χ3v) is 3.82. The fourth-order valence-corrected chi connectivity index (χ4v) is 1.92. The van der Waals surface area contributed by atoms with Crippen LogP contribution in [0.25, 0.3) is 0 Å². The van der Waals surface area contributed by atoms with Crippen molar-refractivity contribution in [1.82, 2.24) is 9.88 Å². The fourth-order valence-electron chi connectivity index (χ4n) is 1.92. The average molecular weight is 295 g/mol. The van der Waals surface area contributed by atoms with Crippen LogP contribution in [0.15, 0.2) is 12.3 Å². The Labute approximate surface area is 126 Å². The lowest BCUT2D eigenvalue weighted by atomic mass is 9.87. The van der Waals surface area contributed by atoms with Crippen molar-refractivity contribution in [3.8, 4) is 0 Å². The minimum absolute atomic E-state index is 0.00961. The number of pyridine rings is 1. The normalized spacial score (nSPS) is 12.9. The number of rotatable bonds is 5. The molecule has 21 heavy (non-hydrogen) atoms. The number of carbonyl (C=O) groups is 1.